The number of aromatic nitrogens is 3. The van der Waals surface area contributed by atoms with Gasteiger partial charge >= 0.3 is 6.09 Å². The highest BCUT2D eigenvalue weighted by Gasteiger charge is 2.25. The fourth-order valence-corrected chi connectivity index (χ4v) is 3.45. The van der Waals surface area contributed by atoms with Gasteiger partial charge in [0.25, 0.3) is 0 Å². The molecule has 0 bridgehead atoms. The van der Waals surface area contributed by atoms with E-state index in [0.29, 0.717) is 30.9 Å². The summed E-state index contributed by atoms with van der Waals surface area (Å²) in [5.74, 6) is -0.668. The highest BCUT2D eigenvalue weighted by Crippen LogP contribution is 2.23. The standard InChI is InChI=1S/C20H23N5O4/c1-22-13-16(19(21-22)15-5-3-2-4-6-15)14-23-9-11-24(12-10-23)20(28)29-25-17(26)7-8-18(25)27/h2-8,13,26-27H,9-12,14H2,1H3. The predicted octanol–water partition coefficient (Wildman–Crippen LogP) is 1.67. The quantitative estimate of drug-likeness (QED) is 0.695. The van der Waals surface area contributed by atoms with Gasteiger partial charge in [-0.3, -0.25) is 9.58 Å². The monoisotopic (exact) mass is 397 g/mol. The second-order valence-corrected chi connectivity index (χ2v) is 7.01. The van der Waals surface area contributed by atoms with E-state index in [1.54, 1.807) is 4.90 Å². The van der Waals surface area contributed by atoms with Gasteiger partial charge in [0.05, 0.1) is 5.69 Å². The van der Waals surface area contributed by atoms with Crippen LogP contribution in [0.25, 0.3) is 11.3 Å². The van der Waals surface area contributed by atoms with Gasteiger partial charge in [0, 0.05) is 69.2 Å². The van der Waals surface area contributed by atoms with Crippen molar-refractivity contribution in [3.63, 3.8) is 0 Å². The molecule has 1 fully saturated rings. The normalized spacial score (nSPS) is 14.9. The van der Waals surface area contributed by atoms with Gasteiger partial charge in [0.15, 0.2) is 0 Å². The summed E-state index contributed by atoms with van der Waals surface area (Å²) in [7, 11) is 1.91. The lowest BCUT2D eigenvalue weighted by Gasteiger charge is -2.33. The lowest BCUT2D eigenvalue weighted by atomic mass is 10.1. The van der Waals surface area contributed by atoms with Gasteiger partial charge in [-0.05, 0) is 0 Å². The second-order valence-electron chi connectivity index (χ2n) is 7.01. The van der Waals surface area contributed by atoms with Crippen molar-refractivity contribution >= 4 is 6.09 Å². The molecule has 3 aromatic rings. The minimum Gasteiger partial charge on any atom is -0.492 e. The molecule has 0 unspecified atom stereocenters. The van der Waals surface area contributed by atoms with Crippen LogP contribution < -0.4 is 4.84 Å². The summed E-state index contributed by atoms with van der Waals surface area (Å²) in [5, 5.41) is 23.8. The topological polar surface area (TPSA) is 96.0 Å². The van der Waals surface area contributed by atoms with Gasteiger partial charge < -0.3 is 20.0 Å². The first kappa shape index (κ1) is 18.9. The number of aryl methyl sites for hydroxylation is 1. The number of piperazine rings is 1. The lowest BCUT2D eigenvalue weighted by Crippen LogP contribution is -2.50. The number of amides is 1. The average molecular weight is 397 g/mol. The molecule has 0 atom stereocenters. The van der Waals surface area contributed by atoms with Gasteiger partial charge in [-0.1, -0.05) is 30.3 Å². The first-order valence-corrected chi connectivity index (χ1v) is 9.38. The maximum absolute atomic E-state index is 12.3. The Bertz CT molecular complexity index is 970. The Kier molecular flexibility index (Phi) is 5.13. The minimum absolute atomic E-state index is 0.334. The van der Waals surface area contributed by atoms with Crippen LogP contribution in [-0.2, 0) is 13.6 Å². The molecule has 9 heteroatoms. The van der Waals surface area contributed by atoms with Crippen LogP contribution in [0.1, 0.15) is 5.56 Å². The SMILES string of the molecule is Cn1cc(CN2CCN(C(=O)On3c(O)ccc3O)CC2)c(-c2ccccc2)n1. The summed E-state index contributed by atoms with van der Waals surface area (Å²) in [5.41, 5.74) is 3.18. The number of benzene rings is 1. The van der Waals surface area contributed by atoms with Crippen molar-refractivity contribution in [1.29, 1.82) is 0 Å². The molecule has 0 saturated carbocycles. The third kappa shape index (κ3) is 4.04. The van der Waals surface area contributed by atoms with Gasteiger partial charge in [-0.15, -0.1) is 4.73 Å². The summed E-state index contributed by atoms with van der Waals surface area (Å²) in [6.45, 7) is 3.08. The Morgan fingerprint density at radius 2 is 1.69 bits per heavy atom. The van der Waals surface area contributed by atoms with Gasteiger partial charge in [0.2, 0.25) is 11.8 Å². The molecule has 0 spiro atoms. The van der Waals surface area contributed by atoms with Crippen molar-refractivity contribution < 1.29 is 19.8 Å². The summed E-state index contributed by atoms with van der Waals surface area (Å²) >= 11 is 0. The summed E-state index contributed by atoms with van der Waals surface area (Å²) in [6, 6.07) is 12.6. The fourth-order valence-electron chi connectivity index (χ4n) is 3.45. The van der Waals surface area contributed by atoms with Gasteiger partial charge in [0.1, 0.15) is 0 Å². The van der Waals surface area contributed by atoms with Crippen molar-refractivity contribution in [3.05, 3.63) is 54.2 Å². The molecule has 152 valence electrons. The Hall–Kier alpha value is -3.46. The molecule has 1 amide bonds. The van der Waals surface area contributed by atoms with E-state index in [-0.39, 0.29) is 11.8 Å². The Balaban J connectivity index is 1.37. The zero-order valence-electron chi connectivity index (χ0n) is 16.1. The van der Waals surface area contributed by atoms with Crippen LogP contribution in [0.4, 0.5) is 4.79 Å². The molecular formula is C20H23N5O4. The third-order valence-corrected chi connectivity index (χ3v) is 4.94. The minimum atomic E-state index is -0.613. The molecule has 1 aliphatic rings. The molecule has 2 aromatic heterocycles. The van der Waals surface area contributed by atoms with Crippen molar-refractivity contribution in [3.8, 4) is 23.0 Å². The Labute approximate surface area is 167 Å². The number of hydrogen-bond donors (Lipinski definition) is 2. The van der Waals surface area contributed by atoms with Crippen molar-refractivity contribution in [2.45, 2.75) is 6.54 Å². The van der Waals surface area contributed by atoms with E-state index in [1.807, 2.05) is 48.3 Å². The molecule has 3 heterocycles. The van der Waals surface area contributed by atoms with E-state index in [1.165, 1.54) is 12.1 Å². The lowest BCUT2D eigenvalue weighted by molar-refractivity contribution is 0.0556. The molecule has 1 saturated heterocycles. The predicted molar refractivity (Wildman–Crippen MR) is 105 cm³/mol. The summed E-state index contributed by atoms with van der Waals surface area (Å²) in [6.07, 6.45) is 1.42. The van der Waals surface area contributed by atoms with Crippen LogP contribution in [-0.4, -0.2) is 66.8 Å². The maximum Gasteiger partial charge on any atom is 0.434 e. The highest BCUT2D eigenvalue weighted by atomic mass is 16.7. The van der Waals surface area contributed by atoms with Crippen LogP contribution in [0.3, 0.4) is 0 Å². The number of aromatic hydroxyl groups is 2. The fraction of sp³-hybridized carbons (Fsp3) is 0.300. The molecule has 29 heavy (non-hydrogen) atoms. The van der Waals surface area contributed by atoms with E-state index in [0.717, 1.165) is 23.4 Å². The van der Waals surface area contributed by atoms with Crippen LogP contribution in [0.15, 0.2) is 48.7 Å². The smallest absolute Gasteiger partial charge is 0.434 e. The zero-order chi connectivity index (χ0) is 20.4. The van der Waals surface area contributed by atoms with E-state index in [2.05, 4.69) is 10.00 Å². The number of rotatable bonds is 4. The zero-order valence-corrected chi connectivity index (χ0v) is 16.1. The third-order valence-electron chi connectivity index (χ3n) is 4.94. The van der Waals surface area contributed by atoms with Crippen molar-refractivity contribution in [2.24, 2.45) is 7.05 Å². The molecule has 9 nitrogen and oxygen atoms in total. The average Bonchev–Trinajstić information content (AvgIpc) is 3.25. The molecular weight excluding hydrogens is 374 g/mol. The van der Waals surface area contributed by atoms with Crippen LogP contribution in [0.2, 0.25) is 0 Å². The molecule has 0 aliphatic carbocycles. The molecule has 2 N–H and O–H groups in total. The van der Waals surface area contributed by atoms with Crippen molar-refractivity contribution in [2.75, 3.05) is 26.2 Å². The van der Waals surface area contributed by atoms with Crippen LogP contribution in [0.5, 0.6) is 11.8 Å². The largest absolute Gasteiger partial charge is 0.492 e. The van der Waals surface area contributed by atoms with Gasteiger partial charge in [-0.25, -0.2) is 4.79 Å². The molecule has 1 aromatic carbocycles. The van der Waals surface area contributed by atoms with Crippen LogP contribution >= 0.6 is 0 Å². The number of nitrogens with zero attached hydrogens (tertiary/aromatic N) is 5. The van der Waals surface area contributed by atoms with Crippen molar-refractivity contribution in [1.82, 2.24) is 24.3 Å². The highest BCUT2D eigenvalue weighted by molar-refractivity contribution is 5.68. The van der Waals surface area contributed by atoms with E-state index in [9.17, 15) is 15.0 Å². The molecule has 1 aliphatic heterocycles. The van der Waals surface area contributed by atoms with Gasteiger partial charge in [-0.2, -0.15) is 5.10 Å². The second kappa shape index (κ2) is 7.88. The number of hydrogen-bond acceptors (Lipinski definition) is 6. The first-order chi connectivity index (χ1) is 14.0. The first-order valence-electron chi connectivity index (χ1n) is 9.38. The Morgan fingerprint density at radius 3 is 2.34 bits per heavy atom. The van der Waals surface area contributed by atoms with E-state index < -0.39 is 6.09 Å². The molecule has 4 rings (SSSR count). The summed E-state index contributed by atoms with van der Waals surface area (Å²) < 4.78 is 2.53. The maximum atomic E-state index is 12.3. The number of carbonyl (C=O) groups excluding carboxylic acids is 1. The number of carbonyl (C=O) groups is 1. The van der Waals surface area contributed by atoms with E-state index in [4.69, 9.17) is 4.84 Å². The summed E-state index contributed by atoms with van der Waals surface area (Å²) in [4.78, 5) is 21.2. The Morgan fingerprint density at radius 1 is 1.03 bits per heavy atom. The van der Waals surface area contributed by atoms with Crippen LogP contribution in [0, 0.1) is 0 Å². The molecule has 0 radical (unpaired) electrons. The van der Waals surface area contributed by atoms with E-state index >= 15 is 0 Å².